The molecule has 2 aliphatic heterocycles. The van der Waals surface area contributed by atoms with Gasteiger partial charge in [0.15, 0.2) is 0 Å². The van der Waals surface area contributed by atoms with Crippen molar-refractivity contribution in [3.8, 4) is 0 Å². The van der Waals surface area contributed by atoms with E-state index in [1.807, 2.05) is 18.2 Å². The lowest BCUT2D eigenvalue weighted by Crippen LogP contribution is -2.32. The Labute approximate surface area is 137 Å². The minimum atomic E-state index is 0.0603. The van der Waals surface area contributed by atoms with E-state index in [4.69, 9.17) is 0 Å². The zero-order valence-electron chi connectivity index (χ0n) is 13.7. The number of nitrogens with one attached hydrogen (secondary N) is 3. The zero-order chi connectivity index (χ0) is 16.2. The van der Waals surface area contributed by atoms with Gasteiger partial charge in [-0.15, -0.1) is 0 Å². The second-order valence-corrected chi connectivity index (χ2v) is 6.74. The molecule has 1 atom stereocenters. The molecule has 124 valence electrons. The molecular formula is C18H25N3O2. The highest BCUT2D eigenvalue weighted by Gasteiger charge is 2.22. The predicted molar refractivity (Wildman–Crippen MR) is 91.4 cm³/mol. The Balaban J connectivity index is 1.56. The molecule has 23 heavy (non-hydrogen) atoms. The van der Waals surface area contributed by atoms with Gasteiger partial charge in [0.05, 0.1) is 0 Å². The second-order valence-electron chi connectivity index (χ2n) is 6.74. The second kappa shape index (κ2) is 7.13. The lowest BCUT2D eigenvalue weighted by atomic mass is 9.84. The van der Waals surface area contributed by atoms with Crippen LogP contribution in [0, 0.1) is 11.8 Å². The van der Waals surface area contributed by atoms with Gasteiger partial charge in [-0.05, 0) is 68.0 Å². The van der Waals surface area contributed by atoms with Crippen LogP contribution in [0.2, 0.25) is 0 Å². The molecule has 0 aliphatic carbocycles. The summed E-state index contributed by atoms with van der Waals surface area (Å²) in [6, 6.07) is 5.71. The highest BCUT2D eigenvalue weighted by Crippen LogP contribution is 2.27. The summed E-state index contributed by atoms with van der Waals surface area (Å²) in [6.07, 6.45) is 4.13. The van der Waals surface area contributed by atoms with Crippen molar-refractivity contribution in [3.63, 3.8) is 0 Å². The monoisotopic (exact) mass is 315 g/mol. The summed E-state index contributed by atoms with van der Waals surface area (Å²) in [7, 11) is 0. The third-order valence-corrected chi connectivity index (χ3v) is 4.98. The summed E-state index contributed by atoms with van der Waals surface area (Å²) in [5.74, 6) is 1.19. The van der Waals surface area contributed by atoms with E-state index in [2.05, 4.69) is 22.9 Å². The first-order valence-electron chi connectivity index (χ1n) is 8.55. The molecule has 3 N–H and O–H groups in total. The van der Waals surface area contributed by atoms with E-state index in [-0.39, 0.29) is 11.8 Å². The molecule has 1 aromatic carbocycles. The van der Waals surface area contributed by atoms with Crippen molar-refractivity contribution in [2.24, 2.45) is 11.8 Å². The van der Waals surface area contributed by atoms with Crippen molar-refractivity contribution in [1.82, 2.24) is 5.32 Å². The van der Waals surface area contributed by atoms with Crippen molar-refractivity contribution >= 4 is 23.2 Å². The fourth-order valence-corrected chi connectivity index (χ4v) is 3.55. The number of benzene rings is 1. The van der Waals surface area contributed by atoms with Gasteiger partial charge in [-0.2, -0.15) is 0 Å². The normalized spacial score (nSPS) is 19.6. The molecule has 1 unspecified atom stereocenters. The van der Waals surface area contributed by atoms with Gasteiger partial charge in [0, 0.05) is 24.2 Å². The number of carbonyl (C=O) groups is 2. The number of hydrogen-bond acceptors (Lipinski definition) is 3. The topological polar surface area (TPSA) is 70.2 Å². The minimum absolute atomic E-state index is 0.0603. The fraction of sp³-hybridized carbons (Fsp3) is 0.556. The first-order valence-corrected chi connectivity index (χ1v) is 8.55. The summed E-state index contributed by atoms with van der Waals surface area (Å²) >= 11 is 0. The summed E-state index contributed by atoms with van der Waals surface area (Å²) in [5.41, 5.74) is 2.78. The Bertz CT molecular complexity index is 594. The van der Waals surface area contributed by atoms with Crippen LogP contribution in [-0.2, 0) is 16.0 Å². The molecule has 1 aromatic rings. The molecular weight excluding hydrogens is 290 g/mol. The van der Waals surface area contributed by atoms with Crippen LogP contribution in [0.5, 0.6) is 0 Å². The molecule has 0 saturated carbocycles. The van der Waals surface area contributed by atoms with Crippen LogP contribution in [0.1, 0.15) is 38.2 Å². The molecule has 1 saturated heterocycles. The van der Waals surface area contributed by atoms with Gasteiger partial charge in [0.1, 0.15) is 0 Å². The number of fused-ring (bicyclic) bond motifs is 1. The summed E-state index contributed by atoms with van der Waals surface area (Å²) in [4.78, 5) is 23.7. The lowest BCUT2D eigenvalue weighted by Gasteiger charge is -2.28. The average Bonchev–Trinajstić information content (AvgIpc) is 2.55. The maximum Gasteiger partial charge on any atom is 0.224 e. The van der Waals surface area contributed by atoms with E-state index in [9.17, 15) is 9.59 Å². The van der Waals surface area contributed by atoms with Gasteiger partial charge in [-0.3, -0.25) is 9.59 Å². The number of anilines is 2. The van der Waals surface area contributed by atoms with Gasteiger partial charge in [0.25, 0.3) is 0 Å². The number of amides is 2. The molecule has 2 heterocycles. The molecule has 3 rings (SSSR count). The van der Waals surface area contributed by atoms with Crippen LogP contribution < -0.4 is 16.0 Å². The largest absolute Gasteiger partial charge is 0.326 e. The van der Waals surface area contributed by atoms with E-state index < -0.39 is 0 Å². The zero-order valence-corrected chi connectivity index (χ0v) is 13.7. The Hall–Kier alpha value is -1.88. The van der Waals surface area contributed by atoms with Crippen LogP contribution in [0.4, 0.5) is 11.4 Å². The quantitative estimate of drug-likeness (QED) is 0.799. The lowest BCUT2D eigenvalue weighted by molar-refractivity contribution is -0.117. The highest BCUT2D eigenvalue weighted by atomic mass is 16.2. The van der Waals surface area contributed by atoms with Crippen molar-refractivity contribution in [2.75, 3.05) is 23.7 Å². The number of carbonyl (C=O) groups excluding carboxylic acids is 2. The third kappa shape index (κ3) is 4.10. The summed E-state index contributed by atoms with van der Waals surface area (Å²) in [6.45, 7) is 4.30. The number of aryl methyl sites for hydroxylation is 1. The third-order valence-electron chi connectivity index (χ3n) is 4.98. The van der Waals surface area contributed by atoms with E-state index in [0.29, 0.717) is 24.7 Å². The first kappa shape index (κ1) is 16.0. The Morgan fingerprint density at radius 1 is 1.30 bits per heavy atom. The van der Waals surface area contributed by atoms with Crippen LogP contribution in [-0.4, -0.2) is 24.9 Å². The molecule has 0 radical (unpaired) electrons. The van der Waals surface area contributed by atoms with Crippen LogP contribution >= 0.6 is 0 Å². The number of rotatable bonds is 4. The van der Waals surface area contributed by atoms with Crippen molar-refractivity contribution in [3.05, 3.63) is 23.8 Å². The summed E-state index contributed by atoms with van der Waals surface area (Å²) < 4.78 is 0. The van der Waals surface area contributed by atoms with Crippen molar-refractivity contribution in [2.45, 2.75) is 39.0 Å². The summed E-state index contributed by atoms with van der Waals surface area (Å²) in [5, 5.41) is 9.23. The number of piperidine rings is 1. The fourth-order valence-electron chi connectivity index (χ4n) is 3.55. The highest BCUT2D eigenvalue weighted by molar-refractivity contribution is 5.95. The van der Waals surface area contributed by atoms with Gasteiger partial charge in [-0.25, -0.2) is 0 Å². The molecule has 2 aliphatic rings. The van der Waals surface area contributed by atoms with Gasteiger partial charge in [0.2, 0.25) is 11.8 Å². The van der Waals surface area contributed by atoms with Crippen LogP contribution in [0.25, 0.3) is 0 Å². The SMILES string of the molecule is CC(CC(=O)Nc1ccc2c(c1)CCC(=O)N2)C1CCNCC1. The standard InChI is InChI=1S/C18H25N3O2/c1-12(13-6-8-19-9-7-13)10-18(23)20-15-3-4-16-14(11-15)2-5-17(22)21-16/h3-4,11-13,19H,2,5-10H2,1H3,(H,20,23)(H,21,22). The molecule has 0 aromatic heterocycles. The van der Waals surface area contributed by atoms with Crippen molar-refractivity contribution in [1.29, 1.82) is 0 Å². The van der Waals surface area contributed by atoms with E-state index in [0.717, 1.165) is 49.3 Å². The first-order chi connectivity index (χ1) is 11.1. The molecule has 2 amide bonds. The van der Waals surface area contributed by atoms with Crippen LogP contribution in [0.3, 0.4) is 0 Å². The number of hydrogen-bond donors (Lipinski definition) is 3. The van der Waals surface area contributed by atoms with E-state index >= 15 is 0 Å². The molecule has 0 bridgehead atoms. The molecule has 0 spiro atoms. The Morgan fingerprint density at radius 3 is 2.87 bits per heavy atom. The molecule has 5 nitrogen and oxygen atoms in total. The van der Waals surface area contributed by atoms with Crippen LogP contribution in [0.15, 0.2) is 18.2 Å². The van der Waals surface area contributed by atoms with E-state index in [1.54, 1.807) is 0 Å². The molecule has 1 fully saturated rings. The maximum atomic E-state index is 12.3. The van der Waals surface area contributed by atoms with Gasteiger partial charge in [-0.1, -0.05) is 6.92 Å². The van der Waals surface area contributed by atoms with Gasteiger partial charge < -0.3 is 16.0 Å². The Kier molecular flexibility index (Phi) is 4.96. The van der Waals surface area contributed by atoms with Crippen molar-refractivity contribution < 1.29 is 9.59 Å². The minimum Gasteiger partial charge on any atom is -0.326 e. The predicted octanol–water partition coefficient (Wildman–Crippen LogP) is 2.54. The smallest absolute Gasteiger partial charge is 0.224 e. The average molecular weight is 315 g/mol. The van der Waals surface area contributed by atoms with Gasteiger partial charge >= 0.3 is 0 Å². The maximum absolute atomic E-state index is 12.3. The van der Waals surface area contributed by atoms with E-state index in [1.165, 1.54) is 0 Å². The molecule has 5 heteroatoms. The Morgan fingerprint density at radius 2 is 2.09 bits per heavy atom.